The van der Waals surface area contributed by atoms with E-state index in [4.69, 9.17) is 16.3 Å². The van der Waals surface area contributed by atoms with Gasteiger partial charge in [-0.25, -0.2) is 0 Å². The van der Waals surface area contributed by atoms with E-state index < -0.39 is 0 Å². The summed E-state index contributed by atoms with van der Waals surface area (Å²) in [6.07, 6.45) is 2.70. The van der Waals surface area contributed by atoms with E-state index in [9.17, 15) is 9.59 Å². The molecule has 3 aliphatic rings. The normalized spacial score (nSPS) is 20.9. The Kier molecular flexibility index (Phi) is 6.56. The van der Waals surface area contributed by atoms with E-state index in [1.807, 2.05) is 9.80 Å². The molecule has 2 aromatic rings. The molecule has 0 radical (unpaired) electrons. The number of fused-ring (bicyclic) bond motifs is 1. The third-order valence-electron chi connectivity index (χ3n) is 6.99. The van der Waals surface area contributed by atoms with Crippen molar-refractivity contribution in [2.75, 3.05) is 45.9 Å². The molecule has 0 saturated carbocycles. The molecule has 5 rings (SSSR count). The first-order valence-corrected chi connectivity index (χ1v) is 12.3. The Morgan fingerprint density at radius 3 is 2.55 bits per heavy atom. The molecule has 6 nitrogen and oxygen atoms in total. The lowest BCUT2D eigenvalue weighted by atomic mass is 9.95. The van der Waals surface area contributed by atoms with Gasteiger partial charge in [0.05, 0.1) is 12.5 Å². The van der Waals surface area contributed by atoms with Crippen LogP contribution in [0.4, 0.5) is 0 Å². The van der Waals surface area contributed by atoms with Crippen molar-refractivity contribution >= 4 is 23.4 Å². The third kappa shape index (κ3) is 5.02. The van der Waals surface area contributed by atoms with E-state index in [0.717, 1.165) is 64.3 Å². The zero-order chi connectivity index (χ0) is 22.8. The number of carbonyl (C=O) groups is 2. The molecular formula is C26H30ClN3O3. The minimum absolute atomic E-state index is 0.0197. The van der Waals surface area contributed by atoms with Crippen LogP contribution in [0.3, 0.4) is 0 Å². The van der Waals surface area contributed by atoms with Gasteiger partial charge in [0.1, 0.15) is 5.75 Å². The van der Waals surface area contributed by atoms with Crippen LogP contribution in [-0.4, -0.2) is 72.4 Å². The number of rotatable bonds is 4. The first-order valence-electron chi connectivity index (χ1n) is 11.9. The first-order chi connectivity index (χ1) is 16.1. The van der Waals surface area contributed by atoms with Crippen LogP contribution in [-0.2, 0) is 17.8 Å². The minimum atomic E-state index is -0.113. The summed E-state index contributed by atoms with van der Waals surface area (Å²) in [4.78, 5) is 32.4. The van der Waals surface area contributed by atoms with Gasteiger partial charge in [-0.2, -0.15) is 0 Å². The minimum Gasteiger partial charge on any atom is -0.493 e. The quantitative estimate of drug-likeness (QED) is 0.691. The number of nitrogens with zero attached hydrogens (tertiary/aromatic N) is 3. The molecule has 1 atom stereocenters. The number of benzene rings is 2. The molecule has 1 unspecified atom stereocenters. The number of carbonyl (C=O) groups excluding carboxylic acids is 2. The Labute approximate surface area is 200 Å². The predicted octanol–water partition coefficient (Wildman–Crippen LogP) is 3.47. The average Bonchev–Trinajstić information content (AvgIpc) is 3.32. The average molecular weight is 468 g/mol. The van der Waals surface area contributed by atoms with E-state index in [2.05, 4.69) is 23.1 Å². The molecular weight excluding hydrogens is 438 g/mol. The second kappa shape index (κ2) is 9.74. The van der Waals surface area contributed by atoms with Crippen molar-refractivity contribution in [1.82, 2.24) is 14.7 Å². The number of hydrogen-bond acceptors (Lipinski definition) is 4. The Bertz CT molecular complexity index is 1020. The lowest BCUT2D eigenvalue weighted by Crippen LogP contribution is -2.52. The van der Waals surface area contributed by atoms with Crippen LogP contribution in [0.5, 0.6) is 5.75 Å². The summed E-state index contributed by atoms with van der Waals surface area (Å²) in [7, 11) is 0. The van der Waals surface area contributed by atoms with Gasteiger partial charge in [0, 0.05) is 62.8 Å². The fourth-order valence-electron chi connectivity index (χ4n) is 5.12. The molecule has 0 aliphatic carbocycles. The topological polar surface area (TPSA) is 53.1 Å². The summed E-state index contributed by atoms with van der Waals surface area (Å²) in [5, 5.41) is 0.614. The van der Waals surface area contributed by atoms with Crippen molar-refractivity contribution in [3.63, 3.8) is 0 Å². The van der Waals surface area contributed by atoms with Crippen LogP contribution in [0.25, 0.3) is 0 Å². The molecule has 3 aliphatic heterocycles. The molecule has 2 aromatic carbocycles. The second-order valence-corrected chi connectivity index (χ2v) is 9.68. The van der Waals surface area contributed by atoms with Gasteiger partial charge >= 0.3 is 0 Å². The van der Waals surface area contributed by atoms with E-state index in [1.165, 1.54) is 11.1 Å². The smallest absolute Gasteiger partial charge is 0.253 e. The molecule has 2 amide bonds. The van der Waals surface area contributed by atoms with Crippen molar-refractivity contribution in [3.8, 4) is 5.75 Å². The highest BCUT2D eigenvalue weighted by molar-refractivity contribution is 6.30. The molecule has 2 fully saturated rings. The largest absolute Gasteiger partial charge is 0.493 e. The monoisotopic (exact) mass is 467 g/mol. The molecule has 33 heavy (non-hydrogen) atoms. The van der Waals surface area contributed by atoms with Crippen molar-refractivity contribution in [1.29, 1.82) is 0 Å². The van der Waals surface area contributed by atoms with Crippen LogP contribution in [0.2, 0.25) is 5.02 Å². The Hall–Kier alpha value is -2.57. The summed E-state index contributed by atoms with van der Waals surface area (Å²) in [6, 6.07) is 13.5. The zero-order valence-corrected chi connectivity index (χ0v) is 19.6. The van der Waals surface area contributed by atoms with Crippen LogP contribution >= 0.6 is 11.6 Å². The Morgan fingerprint density at radius 1 is 0.970 bits per heavy atom. The maximum absolute atomic E-state index is 13.2. The van der Waals surface area contributed by atoms with Crippen LogP contribution in [0.1, 0.15) is 34.3 Å². The van der Waals surface area contributed by atoms with Gasteiger partial charge in [0.25, 0.3) is 5.91 Å². The van der Waals surface area contributed by atoms with Crippen molar-refractivity contribution in [2.45, 2.75) is 25.8 Å². The molecule has 0 N–H and O–H groups in total. The standard InChI is InChI=1S/C26H30ClN3O3/c27-23-6-4-20(5-7-23)25(31)30-10-1-2-22(18-30)26(32)29-13-11-28(12-14-29)17-19-3-8-24-21(16-19)9-15-33-24/h3-8,16,22H,1-2,9-15,17-18H2. The Balaban J connectivity index is 1.13. The third-order valence-corrected chi connectivity index (χ3v) is 7.25. The fourth-order valence-corrected chi connectivity index (χ4v) is 5.25. The maximum Gasteiger partial charge on any atom is 0.253 e. The number of piperazine rings is 1. The van der Waals surface area contributed by atoms with E-state index in [-0.39, 0.29) is 17.7 Å². The fraction of sp³-hybridized carbons (Fsp3) is 0.462. The van der Waals surface area contributed by atoms with Crippen molar-refractivity contribution in [3.05, 3.63) is 64.2 Å². The van der Waals surface area contributed by atoms with Gasteiger partial charge < -0.3 is 14.5 Å². The van der Waals surface area contributed by atoms with Gasteiger partial charge in [-0.05, 0) is 54.3 Å². The lowest BCUT2D eigenvalue weighted by Gasteiger charge is -2.39. The zero-order valence-electron chi connectivity index (χ0n) is 18.8. The van der Waals surface area contributed by atoms with Gasteiger partial charge in [-0.15, -0.1) is 0 Å². The van der Waals surface area contributed by atoms with Crippen LogP contribution in [0.15, 0.2) is 42.5 Å². The van der Waals surface area contributed by atoms with Gasteiger partial charge in [0.15, 0.2) is 0 Å². The summed E-state index contributed by atoms with van der Waals surface area (Å²) < 4.78 is 5.61. The van der Waals surface area contributed by atoms with Gasteiger partial charge in [-0.3, -0.25) is 14.5 Å². The highest BCUT2D eigenvalue weighted by Crippen LogP contribution is 2.27. The molecule has 0 bridgehead atoms. The number of likely N-dealkylation sites (tertiary alicyclic amines) is 1. The summed E-state index contributed by atoms with van der Waals surface area (Å²) >= 11 is 5.95. The number of ether oxygens (including phenoxy) is 1. The van der Waals surface area contributed by atoms with E-state index in [0.29, 0.717) is 23.7 Å². The Morgan fingerprint density at radius 2 is 1.76 bits per heavy atom. The number of halogens is 1. The molecule has 7 heteroatoms. The first kappa shape index (κ1) is 22.2. The molecule has 3 heterocycles. The number of piperidine rings is 1. The van der Waals surface area contributed by atoms with Crippen LogP contribution < -0.4 is 4.74 Å². The highest BCUT2D eigenvalue weighted by Gasteiger charge is 2.33. The van der Waals surface area contributed by atoms with E-state index in [1.54, 1.807) is 24.3 Å². The number of hydrogen-bond donors (Lipinski definition) is 0. The van der Waals surface area contributed by atoms with Crippen molar-refractivity contribution in [2.24, 2.45) is 5.92 Å². The second-order valence-electron chi connectivity index (χ2n) is 9.24. The number of amides is 2. The van der Waals surface area contributed by atoms with E-state index >= 15 is 0 Å². The van der Waals surface area contributed by atoms with Gasteiger partial charge in [-0.1, -0.05) is 23.7 Å². The molecule has 174 valence electrons. The summed E-state index contributed by atoms with van der Waals surface area (Å²) in [5.74, 6) is 1.08. The molecule has 0 aromatic heterocycles. The lowest BCUT2D eigenvalue weighted by molar-refractivity contribution is -0.138. The molecule has 2 saturated heterocycles. The highest BCUT2D eigenvalue weighted by atomic mass is 35.5. The molecule has 0 spiro atoms. The maximum atomic E-state index is 13.2. The van der Waals surface area contributed by atoms with Gasteiger partial charge in [0.2, 0.25) is 5.91 Å². The summed E-state index contributed by atoms with van der Waals surface area (Å²) in [6.45, 7) is 6.12. The van der Waals surface area contributed by atoms with Crippen molar-refractivity contribution < 1.29 is 14.3 Å². The predicted molar refractivity (Wildman–Crippen MR) is 128 cm³/mol. The summed E-state index contributed by atoms with van der Waals surface area (Å²) in [5.41, 5.74) is 3.23. The van der Waals surface area contributed by atoms with Crippen LogP contribution in [0, 0.1) is 5.92 Å². The SMILES string of the molecule is O=C(c1ccc(Cl)cc1)N1CCCC(C(=O)N2CCN(Cc3ccc4c(c3)CCO4)CC2)C1.